The van der Waals surface area contributed by atoms with Crippen LogP contribution in [0.3, 0.4) is 0 Å². The molecule has 2 heterocycles. The molecule has 0 saturated carbocycles. The number of halogens is 1. The van der Waals surface area contributed by atoms with Crippen molar-refractivity contribution in [1.82, 2.24) is 4.90 Å². The minimum atomic E-state index is -0.441. The summed E-state index contributed by atoms with van der Waals surface area (Å²) >= 11 is 5.39. The van der Waals surface area contributed by atoms with Crippen LogP contribution >= 0.6 is 12.2 Å². The van der Waals surface area contributed by atoms with Crippen LogP contribution in [0.2, 0.25) is 0 Å². The SMILES string of the molecule is COc1cc(/C=C2\C(=O)N(c3cccc(F)c3)C(=S)N2C)cc2c1OCO2. The van der Waals surface area contributed by atoms with Crippen molar-refractivity contribution in [3.05, 3.63) is 53.5 Å². The molecule has 8 heteroatoms. The van der Waals surface area contributed by atoms with Gasteiger partial charge in [-0.05, 0) is 54.2 Å². The van der Waals surface area contributed by atoms with Crippen LogP contribution in [0.15, 0.2) is 42.1 Å². The highest BCUT2D eigenvalue weighted by molar-refractivity contribution is 7.80. The Labute approximate surface area is 160 Å². The van der Waals surface area contributed by atoms with Gasteiger partial charge in [-0.2, -0.15) is 0 Å². The molecule has 0 radical (unpaired) electrons. The molecule has 0 bridgehead atoms. The van der Waals surface area contributed by atoms with Gasteiger partial charge in [-0.1, -0.05) is 6.07 Å². The molecule has 0 spiro atoms. The van der Waals surface area contributed by atoms with E-state index in [0.717, 1.165) is 0 Å². The molecule has 4 rings (SSSR count). The summed E-state index contributed by atoms with van der Waals surface area (Å²) in [6.07, 6.45) is 1.68. The Morgan fingerprint density at radius 3 is 2.81 bits per heavy atom. The van der Waals surface area contributed by atoms with Crippen LogP contribution in [0, 0.1) is 5.82 Å². The number of carbonyl (C=O) groups is 1. The van der Waals surface area contributed by atoms with Gasteiger partial charge < -0.3 is 19.1 Å². The highest BCUT2D eigenvalue weighted by Crippen LogP contribution is 2.42. The molecule has 6 nitrogen and oxygen atoms in total. The molecule has 2 aromatic carbocycles. The van der Waals surface area contributed by atoms with Crippen LogP contribution in [0.25, 0.3) is 6.08 Å². The number of amides is 1. The molecule has 0 aliphatic carbocycles. The lowest BCUT2D eigenvalue weighted by molar-refractivity contribution is -0.114. The van der Waals surface area contributed by atoms with E-state index in [9.17, 15) is 9.18 Å². The summed E-state index contributed by atoms with van der Waals surface area (Å²) in [4.78, 5) is 15.8. The van der Waals surface area contributed by atoms with Crippen molar-refractivity contribution in [2.24, 2.45) is 0 Å². The van der Waals surface area contributed by atoms with Crippen molar-refractivity contribution in [1.29, 1.82) is 0 Å². The van der Waals surface area contributed by atoms with E-state index in [2.05, 4.69) is 0 Å². The van der Waals surface area contributed by atoms with E-state index in [1.807, 2.05) is 0 Å². The molecule has 0 N–H and O–H groups in total. The molecule has 2 aromatic rings. The number of ether oxygens (including phenoxy) is 3. The van der Waals surface area contributed by atoms with E-state index in [1.54, 1.807) is 36.2 Å². The number of hydrogen-bond donors (Lipinski definition) is 0. The van der Waals surface area contributed by atoms with Gasteiger partial charge in [-0.3, -0.25) is 9.69 Å². The van der Waals surface area contributed by atoms with E-state index >= 15 is 0 Å². The van der Waals surface area contributed by atoms with Crippen LogP contribution in [-0.4, -0.2) is 36.9 Å². The molecular weight excluding hydrogens is 371 g/mol. The number of anilines is 1. The number of rotatable bonds is 3. The normalized spacial score (nSPS) is 17.2. The lowest BCUT2D eigenvalue weighted by Crippen LogP contribution is -2.31. The van der Waals surface area contributed by atoms with E-state index in [-0.39, 0.29) is 17.8 Å². The summed E-state index contributed by atoms with van der Waals surface area (Å²) in [6, 6.07) is 9.25. The zero-order chi connectivity index (χ0) is 19.1. The Morgan fingerprint density at radius 1 is 1.26 bits per heavy atom. The molecule has 27 heavy (non-hydrogen) atoms. The number of methoxy groups -OCH3 is 1. The van der Waals surface area contributed by atoms with Crippen molar-refractivity contribution in [3.63, 3.8) is 0 Å². The Balaban J connectivity index is 1.74. The van der Waals surface area contributed by atoms with Crippen LogP contribution in [0.4, 0.5) is 10.1 Å². The van der Waals surface area contributed by atoms with Crippen molar-refractivity contribution in [3.8, 4) is 17.2 Å². The lowest BCUT2D eigenvalue weighted by Gasteiger charge is -2.16. The number of nitrogens with zero attached hydrogens (tertiary/aromatic N) is 2. The molecule has 1 saturated heterocycles. The molecule has 138 valence electrons. The van der Waals surface area contributed by atoms with E-state index in [0.29, 0.717) is 34.2 Å². The van der Waals surface area contributed by atoms with Crippen LogP contribution in [-0.2, 0) is 4.79 Å². The first kappa shape index (κ1) is 17.3. The second kappa shape index (κ2) is 6.55. The third kappa shape index (κ3) is 2.87. The van der Waals surface area contributed by atoms with Gasteiger partial charge in [0.15, 0.2) is 16.6 Å². The topological polar surface area (TPSA) is 51.2 Å². The summed E-state index contributed by atoms with van der Waals surface area (Å²) in [5, 5.41) is 0.268. The fourth-order valence-electron chi connectivity index (χ4n) is 2.99. The van der Waals surface area contributed by atoms with Crippen molar-refractivity contribution in [2.75, 3.05) is 25.9 Å². The average molecular weight is 386 g/mol. The van der Waals surface area contributed by atoms with Gasteiger partial charge in [-0.15, -0.1) is 0 Å². The van der Waals surface area contributed by atoms with Crippen molar-refractivity contribution in [2.45, 2.75) is 0 Å². The standard InChI is InChI=1S/C19H15FN2O4S/c1-21-14(6-11-7-15(24-2)17-16(8-11)25-10-26-17)18(23)22(19(21)27)13-5-3-4-12(20)9-13/h3-9H,10H2,1-2H3/b14-6+. The van der Waals surface area contributed by atoms with Gasteiger partial charge in [0.05, 0.1) is 12.8 Å². The Bertz CT molecular complexity index is 992. The fourth-order valence-corrected chi connectivity index (χ4v) is 3.28. The van der Waals surface area contributed by atoms with Crippen molar-refractivity contribution < 1.29 is 23.4 Å². The highest BCUT2D eigenvalue weighted by Gasteiger charge is 2.37. The smallest absolute Gasteiger partial charge is 0.281 e. The number of benzene rings is 2. The van der Waals surface area contributed by atoms with Crippen LogP contribution in [0.5, 0.6) is 17.2 Å². The number of carbonyl (C=O) groups excluding carboxylic acids is 1. The quantitative estimate of drug-likeness (QED) is 0.597. The first-order valence-corrected chi connectivity index (χ1v) is 8.47. The molecule has 2 aliphatic rings. The molecule has 2 aliphatic heterocycles. The van der Waals surface area contributed by atoms with Gasteiger partial charge in [0, 0.05) is 7.05 Å². The number of thiocarbonyl (C=S) groups is 1. The summed E-state index contributed by atoms with van der Waals surface area (Å²) in [6.45, 7) is 0.113. The Morgan fingerprint density at radius 2 is 2.07 bits per heavy atom. The van der Waals surface area contributed by atoms with Gasteiger partial charge >= 0.3 is 0 Å². The number of fused-ring (bicyclic) bond motifs is 1. The molecule has 0 aromatic heterocycles. The van der Waals surface area contributed by atoms with Crippen LogP contribution < -0.4 is 19.1 Å². The first-order valence-electron chi connectivity index (χ1n) is 8.06. The molecule has 1 amide bonds. The maximum Gasteiger partial charge on any atom is 0.281 e. The third-order valence-electron chi connectivity index (χ3n) is 4.31. The zero-order valence-corrected chi connectivity index (χ0v) is 15.4. The predicted molar refractivity (Wildman–Crippen MR) is 101 cm³/mol. The summed E-state index contributed by atoms with van der Waals surface area (Å²) in [5.74, 6) is 0.796. The summed E-state index contributed by atoms with van der Waals surface area (Å²) < 4.78 is 29.7. The van der Waals surface area contributed by atoms with Gasteiger partial charge in [0.2, 0.25) is 12.5 Å². The third-order valence-corrected chi connectivity index (χ3v) is 4.77. The van der Waals surface area contributed by atoms with Crippen molar-refractivity contribution >= 4 is 35.0 Å². The van der Waals surface area contributed by atoms with Crippen LogP contribution in [0.1, 0.15) is 5.56 Å². The van der Waals surface area contributed by atoms with Gasteiger partial charge in [0.1, 0.15) is 11.5 Å². The monoisotopic (exact) mass is 386 g/mol. The summed E-state index contributed by atoms with van der Waals surface area (Å²) in [7, 11) is 3.22. The minimum absolute atomic E-state index is 0.113. The lowest BCUT2D eigenvalue weighted by atomic mass is 10.1. The number of likely N-dealkylation sites (N-methyl/N-ethyl adjacent to an activating group) is 1. The molecule has 0 atom stereocenters. The molecule has 1 fully saturated rings. The fraction of sp³-hybridized carbons (Fsp3) is 0.158. The Hall–Kier alpha value is -3.13. The maximum atomic E-state index is 13.6. The van der Waals surface area contributed by atoms with E-state index in [1.165, 1.54) is 30.2 Å². The summed E-state index contributed by atoms with van der Waals surface area (Å²) in [5.41, 5.74) is 1.42. The molecule has 0 unspecified atom stereocenters. The average Bonchev–Trinajstić information content (AvgIpc) is 3.20. The molecular formula is C19H15FN2O4S. The highest BCUT2D eigenvalue weighted by atomic mass is 32.1. The van der Waals surface area contributed by atoms with E-state index in [4.69, 9.17) is 26.4 Å². The Kier molecular flexibility index (Phi) is 4.19. The maximum absolute atomic E-state index is 13.6. The second-order valence-electron chi connectivity index (χ2n) is 5.95. The largest absolute Gasteiger partial charge is 0.493 e. The zero-order valence-electron chi connectivity index (χ0n) is 14.6. The van der Waals surface area contributed by atoms with Gasteiger partial charge in [0.25, 0.3) is 5.91 Å². The van der Waals surface area contributed by atoms with Gasteiger partial charge in [-0.25, -0.2) is 4.39 Å². The first-order chi connectivity index (χ1) is 13.0. The second-order valence-corrected chi connectivity index (χ2v) is 6.31. The predicted octanol–water partition coefficient (Wildman–Crippen LogP) is 3.17. The number of hydrogen-bond acceptors (Lipinski definition) is 5. The minimum Gasteiger partial charge on any atom is -0.493 e. The van der Waals surface area contributed by atoms with E-state index < -0.39 is 5.82 Å².